The van der Waals surface area contributed by atoms with Gasteiger partial charge >= 0.3 is 0 Å². The number of ketones is 1. The van der Waals surface area contributed by atoms with Crippen LogP contribution in [0.5, 0.6) is 5.75 Å². The van der Waals surface area contributed by atoms with E-state index in [9.17, 15) is 9.59 Å². The van der Waals surface area contributed by atoms with Gasteiger partial charge in [-0.25, -0.2) is 0 Å². The van der Waals surface area contributed by atoms with Crippen LogP contribution in [0.1, 0.15) is 39.1 Å². The fourth-order valence-electron chi connectivity index (χ4n) is 2.99. The predicted octanol–water partition coefficient (Wildman–Crippen LogP) is 2.74. The Morgan fingerprint density at radius 2 is 1.88 bits per heavy atom. The van der Waals surface area contributed by atoms with Crippen molar-refractivity contribution in [3.8, 4) is 5.75 Å². The normalized spacial score (nSPS) is 15.4. The molecule has 5 nitrogen and oxygen atoms in total. The minimum Gasteiger partial charge on any atom is -0.480 e. The molecule has 0 spiro atoms. The van der Waals surface area contributed by atoms with Crippen molar-refractivity contribution in [3.05, 3.63) is 65.2 Å². The summed E-state index contributed by atoms with van der Waals surface area (Å²) in [7, 11) is 0. The lowest BCUT2D eigenvalue weighted by Crippen LogP contribution is -2.34. The van der Waals surface area contributed by atoms with E-state index in [2.05, 4.69) is 10.6 Å². The number of unbranched alkanes of at least 4 members (excludes halogenated alkanes) is 1. The highest BCUT2D eigenvalue weighted by molar-refractivity contribution is 6.04. The largest absolute Gasteiger partial charge is 0.480 e. The number of fused-ring (bicyclic) bond motifs is 1. The van der Waals surface area contributed by atoms with Crippen molar-refractivity contribution >= 4 is 11.7 Å². The highest BCUT2D eigenvalue weighted by atomic mass is 16.5. The molecule has 1 aliphatic rings. The first-order valence-electron chi connectivity index (χ1n) is 9.00. The molecule has 136 valence electrons. The van der Waals surface area contributed by atoms with Crippen molar-refractivity contribution in [2.75, 3.05) is 19.6 Å². The monoisotopic (exact) mass is 352 g/mol. The van der Waals surface area contributed by atoms with Gasteiger partial charge in [-0.1, -0.05) is 29.8 Å². The van der Waals surface area contributed by atoms with E-state index in [0.717, 1.165) is 24.9 Å². The smallest absolute Gasteiger partial charge is 0.251 e. The van der Waals surface area contributed by atoms with Crippen LogP contribution >= 0.6 is 0 Å². The van der Waals surface area contributed by atoms with Crippen LogP contribution in [0.15, 0.2) is 48.5 Å². The Morgan fingerprint density at radius 3 is 2.69 bits per heavy atom. The van der Waals surface area contributed by atoms with Crippen molar-refractivity contribution in [3.63, 3.8) is 0 Å². The fraction of sp³-hybridized carbons (Fsp3) is 0.333. The van der Waals surface area contributed by atoms with Crippen LogP contribution in [0.3, 0.4) is 0 Å². The Balaban J connectivity index is 1.29. The van der Waals surface area contributed by atoms with Crippen molar-refractivity contribution in [2.24, 2.45) is 0 Å². The first kappa shape index (κ1) is 18.1. The summed E-state index contributed by atoms with van der Waals surface area (Å²) in [6.07, 6.45) is 1.36. The number of para-hydroxylation sites is 1. The van der Waals surface area contributed by atoms with Crippen molar-refractivity contribution in [1.82, 2.24) is 10.6 Å². The van der Waals surface area contributed by atoms with E-state index in [0.29, 0.717) is 30.0 Å². The molecule has 0 bridgehead atoms. The SMILES string of the molecule is Cc1cccc(C(=O)NCCCCNCC2Oc3ccccc3C2=O)c1. The summed E-state index contributed by atoms with van der Waals surface area (Å²) in [6.45, 7) is 3.89. The second kappa shape index (κ2) is 8.63. The number of aryl methyl sites for hydroxylation is 1. The molecule has 1 unspecified atom stereocenters. The average Bonchev–Trinajstić information content (AvgIpc) is 2.97. The van der Waals surface area contributed by atoms with Gasteiger partial charge < -0.3 is 15.4 Å². The minimum atomic E-state index is -0.437. The summed E-state index contributed by atoms with van der Waals surface area (Å²) >= 11 is 0. The molecule has 1 amide bonds. The summed E-state index contributed by atoms with van der Waals surface area (Å²) in [5.41, 5.74) is 2.44. The van der Waals surface area contributed by atoms with Gasteiger partial charge in [0.15, 0.2) is 6.10 Å². The van der Waals surface area contributed by atoms with Crippen LogP contribution in [-0.2, 0) is 0 Å². The zero-order valence-corrected chi connectivity index (χ0v) is 15.0. The van der Waals surface area contributed by atoms with Crippen molar-refractivity contribution in [2.45, 2.75) is 25.9 Å². The minimum absolute atomic E-state index is 0.0376. The molecule has 3 rings (SSSR count). The summed E-state index contributed by atoms with van der Waals surface area (Å²) in [5.74, 6) is 0.672. The van der Waals surface area contributed by atoms with Crippen molar-refractivity contribution < 1.29 is 14.3 Å². The number of carbonyl (C=O) groups excluding carboxylic acids is 2. The van der Waals surface area contributed by atoms with Gasteiger partial charge in [-0.2, -0.15) is 0 Å². The summed E-state index contributed by atoms with van der Waals surface area (Å²) < 4.78 is 5.67. The van der Waals surface area contributed by atoms with Crippen LogP contribution in [0, 0.1) is 6.92 Å². The quantitative estimate of drug-likeness (QED) is 0.717. The van der Waals surface area contributed by atoms with Gasteiger partial charge in [0.05, 0.1) is 5.56 Å². The van der Waals surface area contributed by atoms with Crippen LogP contribution in [-0.4, -0.2) is 37.4 Å². The summed E-state index contributed by atoms with van der Waals surface area (Å²) in [5, 5.41) is 6.19. The van der Waals surface area contributed by atoms with E-state index < -0.39 is 6.10 Å². The Hall–Kier alpha value is -2.66. The summed E-state index contributed by atoms with van der Waals surface area (Å²) in [4.78, 5) is 24.2. The molecule has 1 aliphatic heterocycles. The number of Topliss-reactive ketones (excluding diaryl/α,β-unsaturated/α-hetero) is 1. The fourth-order valence-corrected chi connectivity index (χ4v) is 2.99. The second-order valence-corrected chi connectivity index (χ2v) is 6.50. The lowest BCUT2D eigenvalue weighted by atomic mass is 10.1. The number of rotatable bonds is 8. The third-order valence-corrected chi connectivity index (χ3v) is 4.39. The third-order valence-electron chi connectivity index (χ3n) is 4.39. The van der Waals surface area contributed by atoms with Crippen molar-refractivity contribution in [1.29, 1.82) is 0 Å². The van der Waals surface area contributed by atoms with Gasteiger partial charge in [0.25, 0.3) is 5.91 Å². The number of amides is 1. The van der Waals surface area contributed by atoms with Crippen LogP contribution in [0.4, 0.5) is 0 Å². The standard InChI is InChI=1S/C21H24N2O3/c1-15-7-6-8-16(13-15)21(25)23-12-5-4-11-22-14-19-20(24)17-9-2-3-10-18(17)26-19/h2-3,6-10,13,19,22H,4-5,11-12,14H2,1H3,(H,23,25). The third kappa shape index (κ3) is 4.49. The topological polar surface area (TPSA) is 67.4 Å². The Kier molecular flexibility index (Phi) is 6.02. The Bertz CT molecular complexity index is 788. The zero-order valence-electron chi connectivity index (χ0n) is 15.0. The Morgan fingerprint density at radius 1 is 1.08 bits per heavy atom. The number of nitrogens with one attached hydrogen (secondary N) is 2. The lowest BCUT2D eigenvalue weighted by molar-refractivity contribution is 0.0856. The van der Waals surface area contributed by atoms with E-state index in [1.54, 1.807) is 6.07 Å². The van der Waals surface area contributed by atoms with Gasteiger partial charge in [-0.05, 0) is 50.6 Å². The predicted molar refractivity (Wildman–Crippen MR) is 101 cm³/mol. The summed E-state index contributed by atoms with van der Waals surface area (Å²) in [6, 6.07) is 14.9. The maximum atomic E-state index is 12.2. The van der Waals surface area contributed by atoms with Gasteiger partial charge in [0, 0.05) is 18.7 Å². The lowest BCUT2D eigenvalue weighted by Gasteiger charge is -2.11. The highest BCUT2D eigenvalue weighted by Gasteiger charge is 2.31. The van der Waals surface area contributed by atoms with Gasteiger partial charge in [-0.3, -0.25) is 9.59 Å². The van der Waals surface area contributed by atoms with E-state index in [4.69, 9.17) is 4.74 Å². The van der Waals surface area contributed by atoms with Crippen LogP contribution in [0.2, 0.25) is 0 Å². The molecular formula is C21H24N2O3. The Labute approximate surface area is 153 Å². The number of ether oxygens (including phenoxy) is 1. The van der Waals surface area contributed by atoms with Gasteiger partial charge in [0.1, 0.15) is 5.75 Å². The van der Waals surface area contributed by atoms with Gasteiger partial charge in [-0.15, -0.1) is 0 Å². The number of benzene rings is 2. The molecule has 5 heteroatoms. The number of carbonyl (C=O) groups is 2. The molecule has 2 aromatic rings. The number of hydrogen-bond donors (Lipinski definition) is 2. The molecule has 2 N–H and O–H groups in total. The first-order valence-corrected chi connectivity index (χ1v) is 9.00. The van der Waals surface area contributed by atoms with E-state index in [-0.39, 0.29) is 11.7 Å². The molecular weight excluding hydrogens is 328 g/mol. The second-order valence-electron chi connectivity index (χ2n) is 6.50. The zero-order chi connectivity index (χ0) is 18.4. The molecule has 0 saturated carbocycles. The molecule has 0 radical (unpaired) electrons. The van der Waals surface area contributed by atoms with Gasteiger partial charge in [0.2, 0.25) is 5.78 Å². The first-order chi connectivity index (χ1) is 12.6. The molecule has 0 aromatic heterocycles. The molecule has 2 aromatic carbocycles. The maximum Gasteiger partial charge on any atom is 0.251 e. The highest BCUT2D eigenvalue weighted by Crippen LogP contribution is 2.27. The number of hydrogen-bond acceptors (Lipinski definition) is 4. The molecule has 0 aliphatic carbocycles. The molecule has 0 fully saturated rings. The average molecular weight is 352 g/mol. The maximum absolute atomic E-state index is 12.2. The van der Waals surface area contributed by atoms with Crippen LogP contribution in [0.25, 0.3) is 0 Å². The van der Waals surface area contributed by atoms with E-state index in [1.165, 1.54) is 0 Å². The molecule has 1 atom stereocenters. The van der Waals surface area contributed by atoms with E-state index >= 15 is 0 Å². The molecule has 1 heterocycles. The van der Waals surface area contributed by atoms with E-state index in [1.807, 2.05) is 49.4 Å². The molecule has 0 saturated heterocycles. The van der Waals surface area contributed by atoms with Crippen LogP contribution < -0.4 is 15.4 Å². The molecule has 26 heavy (non-hydrogen) atoms.